The number of phenolic OH excluding ortho intramolecular Hbond substituents is 2. The van der Waals surface area contributed by atoms with Gasteiger partial charge in [0.1, 0.15) is 6.04 Å². The van der Waals surface area contributed by atoms with Crippen molar-refractivity contribution >= 4 is 17.6 Å². The molecule has 1 aromatic rings. The molecule has 0 radical (unpaired) electrons. The second-order valence-electron chi connectivity index (χ2n) is 3.92. The number of rotatable bonds is 4. The first-order valence-corrected chi connectivity index (χ1v) is 5.42. The Morgan fingerprint density at radius 3 is 2.05 bits per heavy atom. The molecule has 1 amide bonds. The first kappa shape index (κ1) is 14.6. The number of amides is 1. The summed E-state index contributed by atoms with van der Waals surface area (Å²) in [4.78, 5) is 23.4. The summed E-state index contributed by atoms with van der Waals surface area (Å²) in [6.07, 6.45) is 0. The lowest BCUT2D eigenvalue weighted by molar-refractivity contribution is -0.139. The van der Waals surface area contributed by atoms with Crippen LogP contribution in [-0.2, 0) is 9.59 Å². The van der Waals surface area contributed by atoms with Gasteiger partial charge in [0.15, 0.2) is 11.5 Å². The van der Waals surface area contributed by atoms with Crippen LogP contribution in [0.5, 0.6) is 17.2 Å². The average molecular weight is 269 g/mol. The maximum Gasteiger partial charge on any atom is 0.326 e. The quantitative estimate of drug-likeness (QED) is 0.750. The van der Waals surface area contributed by atoms with Gasteiger partial charge in [-0.2, -0.15) is 0 Å². The highest BCUT2D eigenvalue weighted by atomic mass is 16.5. The number of carboxylic acids is 1. The first-order valence-electron chi connectivity index (χ1n) is 5.42. The maximum absolute atomic E-state index is 11.5. The van der Waals surface area contributed by atoms with Crippen LogP contribution in [0.4, 0.5) is 5.69 Å². The van der Waals surface area contributed by atoms with Crippen molar-refractivity contribution < 1.29 is 29.6 Å². The number of phenols is 2. The molecule has 1 rings (SSSR count). The molecular formula is C12H15NO6. The fourth-order valence-corrected chi connectivity index (χ4v) is 1.72. The van der Waals surface area contributed by atoms with Crippen LogP contribution in [0.15, 0.2) is 12.1 Å². The van der Waals surface area contributed by atoms with Crippen molar-refractivity contribution in [1.82, 2.24) is 0 Å². The third kappa shape index (κ3) is 2.87. The summed E-state index contributed by atoms with van der Waals surface area (Å²) in [5.41, 5.74) is 0.0678. The van der Waals surface area contributed by atoms with Crippen molar-refractivity contribution in [3.05, 3.63) is 12.1 Å². The zero-order valence-electron chi connectivity index (χ0n) is 10.7. The number of aromatic hydroxyl groups is 2. The molecule has 1 aromatic carbocycles. The van der Waals surface area contributed by atoms with E-state index in [-0.39, 0.29) is 22.9 Å². The fraction of sp³-hybridized carbons (Fsp3) is 0.333. The van der Waals surface area contributed by atoms with Crippen molar-refractivity contribution in [3.63, 3.8) is 0 Å². The number of hydrogen-bond donors (Lipinski definition) is 3. The minimum atomic E-state index is -1.20. The Morgan fingerprint density at radius 1 is 1.26 bits per heavy atom. The summed E-state index contributed by atoms with van der Waals surface area (Å²) in [5.74, 6) is -2.65. The summed E-state index contributed by atoms with van der Waals surface area (Å²) < 4.78 is 4.76. The van der Waals surface area contributed by atoms with Crippen molar-refractivity contribution in [1.29, 1.82) is 0 Å². The number of nitrogens with zero attached hydrogens (tertiary/aromatic N) is 1. The molecule has 0 saturated carbocycles. The molecule has 1 atom stereocenters. The van der Waals surface area contributed by atoms with Gasteiger partial charge in [0.25, 0.3) is 0 Å². The number of ether oxygens (including phenoxy) is 1. The summed E-state index contributed by atoms with van der Waals surface area (Å²) in [6, 6.07) is 1.17. The van der Waals surface area contributed by atoms with Gasteiger partial charge in [-0.15, -0.1) is 0 Å². The lowest BCUT2D eigenvalue weighted by Gasteiger charge is -2.25. The standard InChI is InChI=1S/C12H15NO6/c1-6(12(17)18)13(7(2)14)8-4-9(15)11(19-3)10(16)5-8/h4-6,15-16H,1-3H3,(H,17,18). The number of anilines is 1. The number of hydrogen-bond acceptors (Lipinski definition) is 5. The van der Waals surface area contributed by atoms with E-state index in [1.807, 2.05) is 0 Å². The third-order valence-electron chi connectivity index (χ3n) is 2.60. The Balaban J connectivity index is 3.33. The zero-order chi connectivity index (χ0) is 14.7. The predicted octanol–water partition coefficient (Wildman–Crippen LogP) is 0.932. The van der Waals surface area contributed by atoms with E-state index < -0.39 is 17.9 Å². The van der Waals surface area contributed by atoms with Crippen LogP contribution in [-0.4, -0.2) is 40.3 Å². The second kappa shape index (κ2) is 5.47. The zero-order valence-corrected chi connectivity index (χ0v) is 10.7. The van der Waals surface area contributed by atoms with Crippen LogP contribution in [0.3, 0.4) is 0 Å². The van der Waals surface area contributed by atoms with E-state index in [1.54, 1.807) is 0 Å². The van der Waals surface area contributed by atoms with E-state index in [2.05, 4.69) is 0 Å². The van der Waals surface area contributed by atoms with E-state index in [0.29, 0.717) is 0 Å². The number of methoxy groups -OCH3 is 1. The maximum atomic E-state index is 11.5. The lowest BCUT2D eigenvalue weighted by Crippen LogP contribution is -2.42. The molecule has 0 aliphatic carbocycles. The molecule has 0 bridgehead atoms. The third-order valence-corrected chi connectivity index (χ3v) is 2.60. The number of carbonyl (C=O) groups is 2. The van der Waals surface area contributed by atoms with Gasteiger partial charge in [-0.3, -0.25) is 9.69 Å². The largest absolute Gasteiger partial charge is 0.504 e. The molecule has 19 heavy (non-hydrogen) atoms. The normalized spacial score (nSPS) is 11.7. The van der Waals surface area contributed by atoms with Crippen molar-refractivity contribution in [2.45, 2.75) is 19.9 Å². The Bertz CT molecular complexity index is 490. The minimum absolute atomic E-state index is 0.0678. The highest BCUT2D eigenvalue weighted by molar-refractivity contribution is 5.98. The topological polar surface area (TPSA) is 107 Å². The first-order chi connectivity index (χ1) is 8.79. The molecule has 1 unspecified atom stereocenters. The molecule has 0 heterocycles. The van der Waals surface area contributed by atoms with E-state index in [9.17, 15) is 19.8 Å². The highest BCUT2D eigenvalue weighted by Crippen LogP contribution is 2.40. The van der Waals surface area contributed by atoms with Gasteiger partial charge in [-0.1, -0.05) is 0 Å². The van der Waals surface area contributed by atoms with Gasteiger partial charge >= 0.3 is 5.97 Å². The Labute approximate surface area is 109 Å². The van der Waals surface area contributed by atoms with Crippen molar-refractivity contribution in [2.24, 2.45) is 0 Å². The summed E-state index contributed by atoms with van der Waals surface area (Å²) >= 11 is 0. The Morgan fingerprint density at radius 2 is 1.74 bits per heavy atom. The molecule has 0 saturated heterocycles. The number of benzene rings is 1. The molecule has 0 aliphatic rings. The summed E-state index contributed by atoms with van der Waals surface area (Å²) in [5, 5.41) is 28.3. The summed E-state index contributed by atoms with van der Waals surface area (Å²) in [6.45, 7) is 2.51. The van der Waals surface area contributed by atoms with Crippen LogP contribution in [0.2, 0.25) is 0 Å². The molecule has 7 heteroatoms. The van der Waals surface area contributed by atoms with E-state index in [1.165, 1.54) is 21.0 Å². The van der Waals surface area contributed by atoms with Crippen molar-refractivity contribution in [3.8, 4) is 17.2 Å². The number of aliphatic carboxylic acids is 1. The lowest BCUT2D eigenvalue weighted by atomic mass is 10.2. The highest BCUT2D eigenvalue weighted by Gasteiger charge is 2.26. The monoisotopic (exact) mass is 269 g/mol. The second-order valence-corrected chi connectivity index (χ2v) is 3.92. The van der Waals surface area contributed by atoms with Crippen LogP contribution in [0.1, 0.15) is 13.8 Å². The molecule has 0 spiro atoms. The minimum Gasteiger partial charge on any atom is -0.504 e. The van der Waals surface area contributed by atoms with Crippen LogP contribution < -0.4 is 9.64 Å². The van der Waals surface area contributed by atoms with Crippen LogP contribution >= 0.6 is 0 Å². The molecule has 0 aliphatic heterocycles. The molecular weight excluding hydrogens is 254 g/mol. The van der Waals surface area contributed by atoms with Crippen LogP contribution in [0, 0.1) is 0 Å². The molecule has 7 nitrogen and oxygen atoms in total. The van der Waals surface area contributed by atoms with Gasteiger partial charge in [0.2, 0.25) is 11.7 Å². The predicted molar refractivity (Wildman–Crippen MR) is 66.6 cm³/mol. The average Bonchev–Trinajstić information content (AvgIpc) is 2.28. The Kier molecular flexibility index (Phi) is 4.21. The van der Waals surface area contributed by atoms with Gasteiger partial charge < -0.3 is 20.1 Å². The van der Waals surface area contributed by atoms with E-state index in [0.717, 1.165) is 17.0 Å². The van der Waals surface area contributed by atoms with Crippen LogP contribution in [0.25, 0.3) is 0 Å². The van der Waals surface area contributed by atoms with Gasteiger partial charge in [0.05, 0.1) is 12.8 Å². The van der Waals surface area contributed by atoms with Crippen molar-refractivity contribution in [2.75, 3.05) is 12.0 Å². The molecule has 104 valence electrons. The Hall–Kier alpha value is -2.44. The number of carboxylic acid groups (broad SMARTS) is 1. The molecule has 0 aromatic heterocycles. The van der Waals surface area contributed by atoms with E-state index >= 15 is 0 Å². The smallest absolute Gasteiger partial charge is 0.326 e. The molecule has 3 N–H and O–H groups in total. The SMILES string of the molecule is COc1c(O)cc(N(C(C)=O)C(C)C(=O)O)cc1O. The number of carbonyl (C=O) groups excluding carboxylic acids is 1. The van der Waals surface area contributed by atoms with Gasteiger partial charge in [-0.05, 0) is 6.92 Å². The van der Waals surface area contributed by atoms with E-state index in [4.69, 9.17) is 9.84 Å². The fourth-order valence-electron chi connectivity index (χ4n) is 1.72. The molecule has 0 fully saturated rings. The van der Waals surface area contributed by atoms with Gasteiger partial charge in [-0.25, -0.2) is 4.79 Å². The van der Waals surface area contributed by atoms with Gasteiger partial charge in [0, 0.05) is 19.1 Å². The summed E-state index contributed by atoms with van der Waals surface area (Å²) in [7, 11) is 1.26.